The van der Waals surface area contributed by atoms with E-state index in [0.717, 1.165) is 18.7 Å². The normalized spacial score (nSPS) is 15.5. The number of hydrogen-bond acceptors (Lipinski definition) is 7. The van der Waals surface area contributed by atoms with Gasteiger partial charge in [-0.2, -0.15) is 0 Å². The molecule has 1 aliphatic rings. The first kappa shape index (κ1) is 30.3. The number of nitrogens with one attached hydrogen (secondary N) is 2. The van der Waals surface area contributed by atoms with E-state index in [1.54, 1.807) is 26.8 Å². The summed E-state index contributed by atoms with van der Waals surface area (Å²) in [5.74, 6) is -3.89. The molecule has 0 aliphatic carbocycles. The number of ketones is 1. The maximum Gasteiger partial charge on any atom is 0.412 e. The molecule has 2 aromatic carbocycles. The Morgan fingerprint density at radius 1 is 1.13 bits per heavy atom. The van der Waals surface area contributed by atoms with Crippen molar-refractivity contribution in [3.8, 4) is 0 Å². The molecular formula is C27H34ClF2N5O4. The molecule has 1 fully saturated rings. The number of Topliss-reactive ketones (excluding diaryl/α,β-unsaturated/α-hetero) is 1. The number of hydrogen-bond donors (Lipinski definition) is 4. The summed E-state index contributed by atoms with van der Waals surface area (Å²) in [6.07, 6.45) is 0.431. The summed E-state index contributed by atoms with van der Waals surface area (Å²) in [4.78, 5) is 39.9. The minimum Gasteiger partial charge on any atom is -0.444 e. The molecule has 12 heteroatoms. The highest BCUT2D eigenvalue weighted by molar-refractivity contribution is 6.33. The van der Waals surface area contributed by atoms with Crippen molar-refractivity contribution in [2.24, 2.45) is 11.7 Å². The number of nitrogen functional groups attached to an aromatic ring is 1. The van der Waals surface area contributed by atoms with Crippen molar-refractivity contribution in [1.82, 2.24) is 10.2 Å². The summed E-state index contributed by atoms with van der Waals surface area (Å²) in [7, 11) is 0. The number of piperidine rings is 1. The lowest BCUT2D eigenvalue weighted by Crippen LogP contribution is -2.47. The lowest BCUT2D eigenvalue weighted by Gasteiger charge is -2.34. The van der Waals surface area contributed by atoms with Crippen LogP contribution in [-0.4, -0.2) is 54.0 Å². The Kier molecular flexibility index (Phi) is 9.87. The van der Waals surface area contributed by atoms with Gasteiger partial charge in [-0.1, -0.05) is 17.7 Å². The fraction of sp³-hybridized carbons (Fsp3) is 0.444. The summed E-state index contributed by atoms with van der Waals surface area (Å²) in [6, 6.07) is 6.04. The quantitative estimate of drug-likeness (QED) is 0.353. The SMILES string of the molecule is CC(C)(C)OC(=O)Nc1cc(F)c(F)cc1C(=O)NCC(=O)C(N)C1CCN(Cc2ccc(Cl)c(N)c2)CC1. The van der Waals surface area contributed by atoms with Gasteiger partial charge in [-0.3, -0.25) is 19.8 Å². The summed E-state index contributed by atoms with van der Waals surface area (Å²) in [6.45, 7) is 6.63. The van der Waals surface area contributed by atoms with Gasteiger partial charge < -0.3 is 21.5 Å². The zero-order valence-corrected chi connectivity index (χ0v) is 22.9. The molecule has 1 saturated heterocycles. The fourth-order valence-electron chi connectivity index (χ4n) is 4.31. The molecule has 1 heterocycles. The van der Waals surface area contributed by atoms with Gasteiger partial charge in [-0.25, -0.2) is 13.6 Å². The molecule has 3 rings (SSSR count). The van der Waals surface area contributed by atoms with Crippen LogP contribution in [0.1, 0.15) is 49.5 Å². The third-order valence-corrected chi connectivity index (χ3v) is 6.69. The van der Waals surface area contributed by atoms with Crippen LogP contribution in [0.2, 0.25) is 5.02 Å². The van der Waals surface area contributed by atoms with Crippen LogP contribution in [0.4, 0.5) is 25.0 Å². The van der Waals surface area contributed by atoms with Crippen LogP contribution in [0.3, 0.4) is 0 Å². The van der Waals surface area contributed by atoms with Crippen molar-refractivity contribution in [1.29, 1.82) is 0 Å². The molecule has 0 bridgehead atoms. The Bertz CT molecular complexity index is 1230. The van der Waals surface area contributed by atoms with Crippen LogP contribution in [0, 0.1) is 17.6 Å². The van der Waals surface area contributed by atoms with Gasteiger partial charge in [0.2, 0.25) is 0 Å². The maximum absolute atomic E-state index is 13.9. The number of benzene rings is 2. The molecule has 2 aromatic rings. The maximum atomic E-state index is 13.9. The fourth-order valence-corrected chi connectivity index (χ4v) is 4.43. The number of rotatable bonds is 8. The summed E-state index contributed by atoms with van der Waals surface area (Å²) >= 11 is 5.98. The van der Waals surface area contributed by atoms with Gasteiger partial charge in [0.1, 0.15) is 5.60 Å². The molecule has 1 unspecified atom stereocenters. The number of likely N-dealkylation sites (tertiary alicyclic amines) is 1. The van der Waals surface area contributed by atoms with Gasteiger partial charge in [0.25, 0.3) is 5.91 Å². The highest BCUT2D eigenvalue weighted by Crippen LogP contribution is 2.25. The largest absolute Gasteiger partial charge is 0.444 e. The molecular weight excluding hydrogens is 532 g/mol. The number of ether oxygens (including phenoxy) is 1. The Labute approximate surface area is 231 Å². The molecule has 2 amide bonds. The van der Waals surface area contributed by atoms with Crippen molar-refractivity contribution in [3.63, 3.8) is 0 Å². The second-order valence-electron chi connectivity index (χ2n) is 10.6. The number of carbonyl (C=O) groups is 3. The van der Waals surface area contributed by atoms with E-state index >= 15 is 0 Å². The lowest BCUT2D eigenvalue weighted by molar-refractivity contribution is -0.120. The minimum atomic E-state index is -1.29. The van der Waals surface area contributed by atoms with Crippen LogP contribution >= 0.6 is 11.6 Å². The van der Waals surface area contributed by atoms with Crippen LogP contribution in [0.15, 0.2) is 30.3 Å². The number of nitrogens with zero attached hydrogens (tertiary/aromatic N) is 1. The van der Waals surface area contributed by atoms with Gasteiger partial charge >= 0.3 is 6.09 Å². The van der Waals surface area contributed by atoms with Gasteiger partial charge in [0.05, 0.1) is 34.5 Å². The Balaban J connectivity index is 1.54. The van der Waals surface area contributed by atoms with Crippen LogP contribution in [0.25, 0.3) is 0 Å². The molecule has 0 aromatic heterocycles. The van der Waals surface area contributed by atoms with E-state index in [4.69, 9.17) is 27.8 Å². The molecule has 6 N–H and O–H groups in total. The number of carbonyl (C=O) groups excluding carboxylic acids is 3. The lowest BCUT2D eigenvalue weighted by atomic mass is 9.87. The third kappa shape index (κ3) is 8.61. The van der Waals surface area contributed by atoms with E-state index in [1.165, 1.54) is 0 Å². The zero-order valence-electron chi connectivity index (χ0n) is 22.2. The molecule has 1 atom stereocenters. The molecule has 0 radical (unpaired) electrons. The summed E-state index contributed by atoms with van der Waals surface area (Å²) < 4.78 is 32.9. The zero-order chi connectivity index (χ0) is 28.9. The highest BCUT2D eigenvalue weighted by atomic mass is 35.5. The smallest absolute Gasteiger partial charge is 0.412 e. The van der Waals surface area contributed by atoms with Crippen LogP contribution < -0.4 is 22.1 Å². The first-order valence-electron chi connectivity index (χ1n) is 12.6. The van der Waals surface area contributed by atoms with Gasteiger partial charge in [0, 0.05) is 12.6 Å². The Morgan fingerprint density at radius 3 is 2.38 bits per heavy atom. The van der Waals surface area contributed by atoms with E-state index in [9.17, 15) is 23.2 Å². The second kappa shape index (κ2) is 12.7. The van der Waals surface area contributed by atoms with E-state index in [-0.39, 0.29) is 17.2 Å². The van der Waals surface area contributed by atoms with E-state index < -0.39 is 47.6 Å². The standard InChI is InChI=1S/C27H34ClF2N5O4/c1-27(2,3)39-26(38)34-22-12-20(30)19(29)11-17(22)25(37)33-13-23(36)24(32)16-6-8-35(9-7-16)14-15-4-5-18(28)21(31)10-15/h4-5,10-12,16,24H,6-9,13-14,31-32H2,1-3H3,(H,33,37)(H,34,38). The monoisotopic (exact) mass is 565 g/mol. The molecule has 0 spiro atoms. The van der Waals surface area contributed by atoms with Crippen molar-refractivity contribution < 1.29 is 27.9 Å². The van der Waals surface area contributed by atoms with Gasteiger partial charge in [-0.15, -0.1) is 0 Å². The summed E-state index contributed by atoms with van der Waals surface area (Å²) in [5, 5.41) is 5.15. The highest BCUT2D eigenvalue weighted by Gasteiger charge is 2.29. The second-order valence-corrected chi connectivity index (χ2v) is 11.0. The van der Waals surface area contributed by atoms with Crippen molar-refractivity contribution in [2.75, 3.05) is 30.7 Å². The van der Waals surface area contributed by atoms with Crippen molar-refractivity contribution in [2.45, 2.75) is 51.8 Å². The van der Waals surface area contributed by atoms with Gasteiger partial charge in [-0.05, 0) is 76.4 Å². The number of anilines is 2. The van der Waals surface area contributed by atoms with Crippen molar-refractivity contribution >= 4 is 40.8 Å². The van der Waals surface area contributed by atoms with Crippen LogP contribution in [-0.2, 0) is 16.1 Å². The number of amides is 2. The Hall–Kier alpha value is -3.28. The Morgan fingerprint density at radius 2 is 1.77 bits per heavy atom. The van der Waals surface area contributed by atoms with E-state index in [0.29, 0.717) is 42.2 Å². The molecule has 1 aliphatic heterocycles. The topological polar surface area (TPSA) is 140 Å². The third-order valence-electron chi connectivity index (χ3n) is 6.34. The van der Waals surface area contributed by atoms with Crippen LogP contribution in [0.5, 0.6) is 0 Å². The predicted molar refractivity (Wildman–Crippen MR) is 145 cm³/mol. The molecule has 39 heavy (non-hydrogen) atoms. The van der Waals surface area contributed by atoms with E-state index in [1.807, 2.05) is 12.1 Å². The first-order chi connectivity index (χ1) is 18.2. The molecule has 0 saturated carbocycles. The molecule has 9 nitrogen and oxygen atoms in total. The van der Waals surface area contributed by atoms with Crippen molar-refractivity contribution in [3.05, 3.63) is 58.1 Å². The number of halogens is 3. The average Bonchev–Trinajstić information content (AvgIpc) is 2.85. The predicted octanol–water partition coefficient (Wildman–Crippen LogP) is 4.09. The van der Waals surface area contributed by atoms with Gasteiger partial charge in [0.15, 0.2) is 17.4 Å². The molecule has 212 valence electrons. The average molecular weight is 566 g/mol. The minimum absolute atomic E-state index is 0.0754. The first-order valence-corrected chi connectivity index (χ1v) is 12.9. The number of nitrogens with two attached hydrogens (primary N) is 2. The van der Waals surface area contributed by atoms with E-state index in [2.05, 4.69) is 15.5 Å². The summed E-state index contributed by atoms with van der Waals surface area (Å²) in [5.41, 5.74) is 12.1.